The lowest BCUT2D eigenvalue weighted by Gasteiger charge is -2.10. The fourth-order valence-corrected chi connectivity index (χ4v) is 5.50. The highest BCUT2D eigenvalue weighted by Gasteiger charge is 2.23. The van der Waals surface area contributed by atoms with Gasteiger partial charge in [0.05, 0.1) is 12.9 Å². The largest absolute Gasteiger partial charge is 0.465 e. The van der Waals surface area contributed by atoms with Crippen molar-refractivity contribution in [2.24, 2.45) is 7.05 Å². The van der Waals surface area contributed by atoms with Crippen molar-refractivity contribution in [3.05, 3.63) is 80.9 Å². The topological polar surface area (TPSA) is 86.1 Å². The van der Waals surface area contributed by atoms with Gasteiger partial charge in [-0.2, -0.15) is 0 Å². The van der Waals surface area contributed by atoms with Gasteiger partial charge < -0.3 is 14.6 Å². The number of methoxy groups -OCH3 is 1. The van der Waals surface area contributed by atoms with Crippen molar-refractivity contribution >= 4 is 51.6 Å². The van der Waals surface area contributed by atoms with Gasteiger partial charge in [0, 0.05) is 29.4 Å². The molecule has 186 valence electrons. The number of ether oxygens (including phenoxy) is 1. The van der Waals surface area contributed by atoms with E-state index in [9.17, 15) is 9.59 Å². The molecule has 0 radical (unpaired) electrons. The van der Waals surface area contributed by atoms with E-state index in [0.717, 1.165) is 33.6 Å². The highest BCUT2D eigenvalue weighted by molar-refractivity contribution is 7.99. The van der Waals surface area contributed by atoms with Crippen LogP contribution in [0.25, 0.3) is 11.1 Å². The molecule has 0 spiro atoms. The van der Waals surface area contributed by atoms with E-state index >= 15 is 0 Å². The van der Waals surface area contributed by atoms with E-state index in [4.69, 9.17) is 16.3 Å². The second-order valence-corrected chi connectivity index (χ2v) is 10.5. The number of carbonyl (C=O) groups is 2. The summed E-state index contributed by atoms with van der Waals surface area (Å²) < 4.78 is 6.91. The minimum absolute atomic E-state index is 0.115. The van der Waals surface area contributed by atoms with Crippen LogP contribution < -0.4 is 5.32 Å². The quantitative estimate of drug-likeness (QED) is 0.220. The molecular formula is C26H25ClN4O3S2. The molecule has 0 aliphatic carbocycles. The van der Waals surface area contributed by atoms with Crippen LogP contribution in [0.5, 0.6) is 0 Å². The summed E-state index contributed by atoms with van der Waals surface area (Å²) in [5.74, 6) is 0.159. The molecule has 36 heavy (non-hydrogen) atoms. The van der Waals surface area contributed by atoms with Gasteiger partial charge in [-0.05, 0) is 42.7 Å². The number of thioether (sulfide) groups is 1. The molecule has 7 nitrogen and oxygen atoms in total. The first-order chi connectivity index (χ1) is 17.3. The van der Waals surface area contributed by atoms with Crippen LogP contribution in [0.4, 0.5) is 5.00 Å². The molecule has 0 unspecified atom stereocenters. The molecule has 1 N–H and O–H groups in total. The minimum Gasteiger partial charge on any atom is -0.465 e. The number of nitrogens with zero attached hydrogens (tertiary/aromatic N) is 3. The Kier molecular flexibility index (Phi) is 8.13. The van der Waals surface area contributed by atoms with Gasteiger partial charge in [-0.25, -0.2) is 4.79 Å². The number of hydrogen-bond donors (Lipinski definition) is 1. The second-order valence-electron chi connectivity index (χ2n) is 8.26. The number of amides is 1. The number of anilines is 1. The predicted molar refractivity (Wildman–Crippen MR) is 145 cm³/mol. The number of benzene rings is 2. The van der Waals surface area contributed by atoms with Crippen LogP contribution in [0.1, 0.15) is 32.9 Å². The smallest absolute Gasteiger partial charge is 0.341 e. The molecule has 4 aromatic rings. The number of halogens is 1. The average Bonchev–Trinajstić information content (AvgIpc) is 3.43. The molecule has 0 bridgehead atoms. The van der Waals surface area contributed by atoms with Gasteiger partial charge in [0.1, 0.15) is 16.4 Å². The summed E-state index contributed by atoms with van der Waals surface area (Å²) in [6.45, 7) is 3.99. The molecular weight excluding hydrogens is 516 g/mol. The van der Waals surface area contributed by atoms with Gasteiger partial charge >= 0.3 is 5.97 Å². The maximum absolute atomic E-state index is 12.8. The monoisotopic (exact) mass is 540 g/mol. The fraction of sp³-hybridized carbons (Fsp3) is 0.231. The van der Waals surface area contributed by atoms with Crippen molar-refractivity contribution in [1.82, 2.24) is 14.8 Å². The first-order valence-corrected chi connectivity index (χ1v) is 13.3. The summed E-state index contributed by atoms with van der Waals surface area (Å²) in [6.07, 6.45) is 0.603. The Bertz CT molecular complexity index is 1410. The summed E-state index contributed by atoms with van der Waals surface area (Å²) >= 11 is 8.55. The van der Waals surface area contributed by atoms with E-state index in [2.05, 4.69) is 15.5 Å². The number of aryl methyl sites for hydroxylation is 2. The summed E-state index contributed by atoms with van der Waals surface area (Å²) in [7, 11) is 3.21. The third kappa shape index (κ3) is 5.80. The highest BCUT2D eigenvalue weighted by atomic mass is 35.5. The van der Waals surface area contributed by atoms with Gasteiger partial charge in [0.15, 0.2) is 5.16 Å². The first-order valence-electron chi connectivity index (χ1n) is 11.1. The summed E-state index contributed by atoms with van der Waals surface area (Å²) in [6, 6.07) is 13.6. The Morgan fingerprint density at radius 1 is 1.11 bits per heavy atom. The highest BCUT2D eigenvalue weighted by Crippen LogP contribution is 2.38. The molecule has 1 amide bonds. The molecule has 2 aromatic heterocycles. The van der Waals surface area contributed by atoms with Crippen molar-refractivity contribution in [2.75, 3.05) is 18.2 Å². The lowest BCUT2D eigenvalue weighted by Crippen LogP contribution is -2.16. The predicted octanol–water partition coefficient (Wildman–Crippen LogP) is 5.92. The van der Waals surface area contributed by atoms with E-state index in [1.165, 1.54) is 30.2 Å². The molecule has 2 heterocycles. The zero-order valence-electron chi connectivity index (χ0n) is 20.3. The molecule has 0 atom stereocenters. The van der Waals surface area contributed by atoms with Crippen LogP contribution in [0, 0.1) is 13.8 Å². The molecule has 0 fully saturated rings. The first kappa shape index (κ1) is 25.9. The van der Waals surface area contributed by atoms with Crippen molar-refractivity contribution in [1.29, 1.82) is 0 Å². The van der Waals surface area contributed by atoms with E-state index in [0.29, 0.717) is 27.2 Å². The fourth-order valence-electron chi connectivity index (χ4n) is 3.68. The van der Waals surface area contributed by atoms with Gasteiger partial charge in [-0.1, -0.05) is 59.3 Å². The number of thiophene rings is 1. The van der Waals surface area contributed by atoms with Crippen molar-refractivity contribution < 1.29 is 14.3 Å². The number of esters is 1. The third-order valence-electron chi connectivity index (χ3n) is 5.65. The van der Waals surface area contributed by atoms with Crippen molar-refractivity contribution in [3.63, 3.8) is 0 Å². The maximum Gasteiger partial charge on any atom is 0.341 e. The second kappa shape index (κ2) is 11.3. The third-order valence-corrected chi connectivity index (χ3v) is 7.82. The summed E-state index contributed by atoms with van der Waals surface area (Å²) in [4.78, 5) is 25.5. The van der Waals surface area contributed by atoms with Gasteiger partial charge in [-0.3, -0.25) is 4.79 Å². The normalized spacial score (nSPS) is 10.9. The number of nitrogens with one attached hydrogen (secondary N) is 1. The Morgan fingerprint density at radius 3 is 2.58 bits per heavy atom. The molecule has 0 aliphatic heterocycles. The standard InChI is InChI=1S/C26H25ClN4O3S2/c1-15-5-6-16(2)19(11-15)20-13-35-24(23(20)25(33)34-4)28-22(32)14-36-26-30-29-21(31(26)3)12-17-7-9-18(27)10-8-17/h5-11,13H,12,14H2,1-4H3,(H,28,32). The number of hydrogen-bond acceptors (Lipinski definition) is 7. The van der Waals surface area contributed by atoms with Crippen LogP contribution >= 0.6 is 34.7 Å². The van der Waals surface area contributed by atoms with Crippen LogP contribution in [-0.4, -0.2) is 39.5 Å². The van der Waals surface area contributed by atoms with E-state index < -0.39 is 5.97 Å². The minimum atomic E-state index is -0.491. The van der Waals surface area contributed by atoms with E-state index in [1.54, 1.807) is 0 Å². The molecule has 10 heteroatoms. The molecule has 0 saturated carbocycles. The van der Waals surface area contributed by atoms with E-state index in [-0.39, 0.29) is 11.7 Å². The number of aromatic nitrogens is 3. The zero-order valence-corrected chi connectivity index (χ0v) is 22.7. The molecule has 0 saturated heterocycles. The van der Waals surface area contributed by atoms with Gasteiger partial charge in [-0.15, -0.1) is 21.5 Å². The maximum atomic E-state index is 12.8. The Morgan fingerprint density at radius 2 is 1.86 bits per heavy atom. The lowest BCUT2D eigenvalue weighted by atomic mass is 9.97. The SMILES string of the molecule is COC(=O)c1c(-c2cc(C)ccc2C)csc1NC(=O)CSc1nnc(Cc2ccc(Cl)cc2)n1C. The van der Waals surface area contributed by atoms with Crippen molar-refractivity contribution in [2.45, 2.75) is 25.4 Å². The van der Waals surface area contributed by atoms with Crippen LogP contribution in [0.15, 0.2) is 53.0 Å². The molecule has 2 aromatic carbocycles. The van der Waals surface area contributed by atoms with Gasteiger partial charge in [0.25, 0.3) is 0 Å². The van der Waals surface area contributed by atoms with Crippen molar-refractivity contribution in [3.8, 4) is 11.1 Å². The summed E-state index contributed by atoms with van der Waals surface area (Å²) in [5.41, 5.74) is 5.23. The Hall–Kier alpha value is -3.14. The van der Waals surface area contributed by atoms with Crippen LogP contribution in [0.2, 0.25) is 5.02 Å². The Labute approximate surface area is 222 Å². The molecule has 4 rings (SSSR count). The van der Waals surface area contributed by atoms with E-state index in [1.807, 2.05) is 73.3 Å². The summed E-state index contributed by atoms with van der Waals surface area (Å²) in [5, 5.41) is 15.0. The Balaban J connectivity index is 1.46. The lowest BCUT2D eigenvalue weighted by molar-refractivity contribution is -0.113. The number of carbonyl (C=O) groups excluding carboxylic acids is 2. The number of rotatable bonds is 8. The van der Waals surface area contributed by atoms with Crippen LogP contribution in [0.3, 0.4) is 0 Å². The average molecular weight is 541 g/mol. The zero-order chi connectivity index (χ0) is 25.8. The van der Waals surface area contributed by atoms with Gasteiger partial charge in [0.2, 0.25) is 5.91 Å². The molecule has 0 aliphatic rings. The van der Waals surface area contributed by atoms with Crippen LogP contribution in [-0.2, 0) is 23.0 Å².